The predicted molar refractivity (Wildman–Crippen MR) is 70.8 cm³/mol. The van der Waals surface area contributed by atoms with Crippen LogP contribution in [-0.2, 0) is 6.54 Å². The molecule has 2 aromatic rings. The van der Waals surface area contributed by atoms with Gasteiger partial charge in [0.05, 0.1) is 17.2 Å². The summed E-state index contributed by atoms with van der Waals surface area (Å²) in [7, 11) is 0. The summed E-state index contributed by atoms with van der Waals surface area (Å²) in [6, 6.07) is 0. The lowest BCUT2D eigenvalue weighted by Crippen LogP contribution is -2.28. The van der Waals surface area contributed by atoms with E-state index in [1.807, 2.05) is 17.8 Å². The predicted octanol–water partition coefficient (Wildman–Crippen LogP) is 1.73. The standard InChI is InChI=1S/C13H19N5O/c1-3-18-8-11(9(2)16-18)12-15-13(19-17-12)10-5-4-6-14-7-10/h8,10,14H,3-7H2,1-2H3/t10-/m0/s1. The maximum absolute atomic E-state index is 5.42. The maximum Gasteiger partial charge on any atom is 0.231 e. The number of hydrogen-bond acceptors (Lipinski definition) is 5. The summed E-state index contributed by atoms with van der Waals surface area (Å²) in [4.78, 5) is 4.54. The highest BCUT2D eigenvalue weighted by atomic mass is 16.5. The topological polar surface area (TPSA) is 68.8 Å². The normalized spacial score (nSPS) is 19.8. The number of nitrogens with one attached hydrogen (secondary N) is 1. The van der Waals surface area contributed by atoms with Crippen molar-refractivity contribution in [2.45, 2.75) is 39.2 Å². The van der Waals surface area contributed by atoms with Gasteiger partial charge in [-0.15, -0.1) is 0 Å². The highest BCUT2D eigenvalue weighted by molar-refractivity contribution is 5.56. The molecule has 0 aromatic carbocycles. The minimum Gasteiger partial charge on any atom is -0.339 e. The van der Waals surface area contributed by atoms with Gasteiger partial charge in [-0.3, -0.25) is 4.68 Å². The zero-order chi connectivity index (χ0) is 13.2. The van der Waals surface area contributed by atoms with E-state index in [0.29, 0.717) is 11.7 Å². The first-order chi connectivity index (χ1) is 9.28. The van der Waals surface area contributed by atoms with Gasteiger partial charge in [-0.25, -0.2) is 0 Å². The van der Waals surface area contributed by atoms with Crippen LogP contribution in [-0.4, -0.2) is 33.0 Å². The van der Waals surface area contributed by atoms with Gasteiger partial charge in [0.15, 0.2) is 0 Å². The number of aryl methyl sites for hydroxylation is 2. The van der Waals surface area contributed by atoms with Crippen LogP contribution in [0.1, 0.15) is 37.3 Å². The lowest BCUT2D eigenvalue weighted by Gasteiger charge is -2.18. The zero-order valence-corrected chi connectivity index (χ0v) is 11.4. The molecule has 0 bridgehead atoms. The molecular weight excluding hydrogens is 242 g/mol. The van der Waals surface area contributed by atoms with Crippen LogP contribution in [0, 0.1) is 6.92 Å². The lowest BCUT2D eigenvalue weighted by atomic mass is 10.00. The Morgan fingerprint density at radius 3 is 3.11 bits per heavy atom. The van der Waals surface area contributed by atoms with E-state index < -0.39 is 0 Å². The minimum absolute atomic E-state index is 0.344. The third-order valence-corrected chi connectivity index (χ3v) is 3.60. The van der Waals surface area contributed by atoms with E-state index in [0.717, 1.165) is 49.6 Å². The largest absolute Gasteiger partial charge is 0.339 e. The highest BCUT2D eigenvalue weighted by Crippen LogP contribution is 2.25. The van der Waals surface area contributed by atoms with E-state index in [-0.39, 0.29) is 0 Å². The van der Waals surface area contributed by atoms with Crippen LogP contribution < -0.4 is 5.32 Å². The third-order valence-electron chi connectivity index (χ3n) is 3.60. The van der Waals surface area contributed by atoms with Gasteiger partial charge in [0.25, 0.3) is 0 Å². The molecule has 6 nitrogen and oxygen atoms in total. The van der Waals surface area contributed by atoms with Crippen molar-refractivity contribution in [2.24, 2.45) is 0 Å². The molecule has 1 aliphatic heterocycles. The van der Waals surface area contributed by atoms with Crippen LogP contribution in [0.2, 0.25) is 0 Å². The van der Waals surface area contributed by atoms with Gasteiger partial charge in [0, 0.05) is 19.3 Å². The second-order valence-corrected chi connectivity index (χ2v) is 4.98. The number of piperidine rings is 1. The first kappa shape index (κ1) is 12.3. The smallest absolute Gasteiger partial charge is 0.231 e. The molecule has 1 atom stereocenters. The molecular formula is C13H19N5O. The van der Waals surface area contributed by atoms with Crippen molar-refractivity contribution in [1.82, 2.24) is 25.2 Å². The molecule has 19 heavy (non-hydrogen) atoms. The molecule has 102 valence electrons. The molecule has 6 heteroatoms. The van der Waals surface area contributed by atoms with Gasteiger partial charge in [0.2, 0.25) is 11.7 Å². The maximum atomic E-state index is 5.42. The molecule has 1 aliphatic rings. The molecule has 0 saturated carbocycles. The van der Waals surface area contributed by atoms with Crippen LogP contribution in [0.3, 0.4) is 0 Å². The summed E-state index contributed by atoms with van der Waals surface area (Å²) in [5.74, 6) is 1.74. The fraction of sp³-hybridized carbons (Fsp3) is 0.615. The zero-order valence-electron chi connectivity index (χ0n) is 11.4. The van der Waals surface area contributed by atoms with Crippen molar-refractivity contribution in [2.75, 3.05) is 13.1 Å². The van der Waals surface area contributed by atoms with Crippen LogP contribution in [0.15, 0.2) is 10.7 Å². The van der Waals surface area contributed by atoms with Crippen LogP contribution in [0.5, 0.6) is 0 Å². The van der Waals surface area contributed by atoms with Crippen LogP contribution in [0.25, 0.3) is 11.4 Å². The van der Waals surface area contributed by atoms with Crippen molar-refractivity contribution < 1.29 is 4.52 Å². The van der Waals surface area contributed by atoms with Gasteiger partial charge in [0.1, 0.15) is 0 Å². The first-order valence-corrected chi connectivity index (χ1v) is 6.86. The second-order valence-electron chi connectivity index (χ2n) is 4.98. The fourth-order valence-corrected chi connectivity index (χ4v) is 2.47. The van der Waals surface area contributed by atoms with E-state index in [4.69, 9.17) is 4.52 Å². The number of nitrogens with zero attached hydrogens (tertiary/aromatic N) is 4. The highest BCUT2D eigenvalue weighted by Gasteiger charge is 2.22. The molecule has 0 aliphatic carbocycles. The molecule has 3 heterocycles. The Bertz CT molecular complexity index is 553. The molecule has 1 fully saturated rings. The molecule has 0 amide bonds. The summed E-state index contributed by atoms with van der Waals surface area (Å²) in [6.45, 7) is 6.89. The van der Waals surface area contributed by atoms with Gasteiger partial charge >= 0.3 is 0 Å². The molecule has 3 rings (SSSR count). The Kier molecular flexibility index (Phi) is 3.33. The van der Waals surface area contributed by atoms with E-state index in [1.165, 1.54) is 0 Å². The fourth-order valence-electron chi connectivity index (χ4n) is 2.47. The number of rotatable bonds is 3. The lowest BCUT2D eigenvalue weighted by molar-refractivity contribution is 0.322. The second kappa shape index (κ2) is 5.13. The average Bonchev–Trinajstić information content (AvgIpc) is 3.06. The van der Waals surface area contributed by atoms with Gasteiger partial charge in [-0.05, 0) is 33.2 Å². The Morgan fingerprint density at radius 1 is 1.53 bits per heavy atom. The Morgan fingerprint density at radius 2 is 2.42 bits per heavy atom. The molecule has 1 saturated heterocycles. The van der Waals surface area contributed by atoms with Gasteiger partial charge in [-0.2, -0.15) is 10.1 Å². The van der Waals surface area contributed by atoms with E-state index in [1.54, 1.807) is 0 Å². The van der Waals surface area contributed by atoms with Crippen LogP contribution >= 0.6 is 0 Å². The average molecular weight is 261 g/mol. The number of hydrogen-bond donors (Lipinski definition) is 1. The summed E-state index contributed by atoms with van der Waals surface area (Å²) in [5.41, 5.74) is 1.90. The Hall–Kier alpha value is -1.69. The first-order valence-electron chi connectivity index (χ1n) is 6.86. The van der Waals surface area contributed by atoms with Gasteiger partial charge < -0.3 is 9.84 Å². The summed E-state index contributed by atoms with van der Waals surface area (Å²) >= 11 is 0. The number of aromatic nitrogens is 4. The van der Waals surface area contributed by atoms with Crippen molar-refractivity contribution >= 4 is 0 Å². The molecule has 0 spiro atoms. The van der Waals surface area contributed by atoms with Crippen LogP contribution in [0.4, 0.5) is 0 Å². The summed E-state index contributed by atoms with van der Waals surface area (Å²) in [5, 5.41) is 11.9. The van der Waals surface area contributed by atoms with Gasteiger partial charge in [-0.1, -0.05) is 5.16 Å². The molecule has 0 unspecified atom stereocenters. The van der Waals surface area contributed by atoms with Crippen molar-refractivity contribution in [1.29, 1.82) is 0 Å². The van der Waals surface area contributed by atoms with Crippen molar-refractivity contribution in [3.05, 3.63) is 17.8 Å². The summed E-state index contributed by atoms with van der Waals surface area (Å²) in [6.07, 6.45) is 4.25. The van der Waals surface area contributed by atoms with Crippen molar-refractivity contribution in [3.63, 3.8) is 0 Å². The summed E-state index contributed by atoms with van der Waals surface area (Å²) < 4.78 is 7.31. The Labute approximate surface area is 112 Å². The quantitative estimate of drug-likeness (QED) is 0.911. The Balaban J connectivity index is 1.85. The minimum atomic E-state index is 0.344. The van der Waals surface area contributed by atoms with E-state index in [9.17, 15) is 0 Å². The van der Waals surface area contributed by atoms with E-state index >= 15 is 0 Å². The molecule has 2 aromatic heterocycles. The molecule has 1 N–H and O–H groups in total. The third kappa shape index (κ3) is 2.40. The SMILES string of the molecule is CCn1cc(-c2noc([C@H]3CCCNC3)n2)c(C)n1. The molecule has 0 radical (unpaired) electrons. The van der Waals surface area contributed by atoms with Crippen molar-refractivity contribution in [3.8, 4) is 11.4 Å². The van der Waals surface area contributed by atoms with E-state index in [2.05, 4.69) is 27.5 Å². The monoisotopic (exact) mass is 261 g/mol.